The number of carbonyl (C=O) groups excluding carboxylic acids is 2. The number of benzene rings is 3. The molecule has 0 radical (unpaired) electrons. The first-order valence-corrected chi connectivity index (χ1v) is 11.6. The van der Waals surface area contributed by atoms with Crippen LogP contribution in [-0.4, -0.2) is 43.1 Å². The van der Waals surface area contributed by atoms with Crippen molar-refractivity contribution in [2.75, 3.05) is 26.4 Å². The van der Waals surface area contributed by atoms with Crippen LogP contribution in [0, 0.1) is 0 Å². The number of rotatable bonds is 13. The number of ether oxygens (including phenoxy) is 2. The summed E-state index contributed by atoms with van der Waals surface area (Å²) in [7, 11) is 0. The molecule has 0 aliphatic heterocycles. The van der Waals surface area contributed by atoms with Gasteiger partial charge in [-0.2, -0.15) is 0 Å². The number of para-hydroxylation sites is 1. The molecular weight excluding hydrogens is 428 g/mol. The fourth-order valence-electron chi connectivity index (χ4n) is 3.58. The zero-order chi connectivity index (χ0) is 24.0. The van der Waals surface area contributed by atoms with Crippen molar-refractivity contribution in [3.8, 4) is 5.75 Å². The van der Waals surface area contributed by atoms with Gasteiger partial charge in [-0.05, 0) is 36.6 Å². The van der Waals surface area contributed by atoms with Crippen LogP contribution >= 0.6 is 0 Å². The van der Waals surface area contributed by atoms with Crippen molar-refractivity contribution in [2.24, 2.45) is 0 Å². The highest BCUT2D eigenvalue weighted by Crippen LogP contribution is 2.24. The summed E-state index contributed by atoms with van der Waals surface area (Å²) >= 11 is 0. The normalized spacial score (nSPS) is 11.4. The van der Waals surface area contributed by atoms with E-state index < -0.39 is 6.04 Å². The van der Waals surface area contributed by atoms with Crippen LogP contribution in [0.1, 0.15) is 30.5 Å². The lowest BCUT2D eigenvalue weighted by molar-refractivity contribution is -0.143. The summed E-state index contributed by atoms with van der Waals surface area (Å²) < 4.78 is 11.1. The summed E-state index contributed by atoms with van der Waals surface area (Å²) in [5, 5.41) is 2.98. The van der Waals surface area contributed by atoms with Crippen LogP contribution in [0.5, 0.6) is 5.75 Å². The molecule has 0 aromatic heterocycles. The van der Waals surface area contributed by atoms with E-state index in [0.29, 0.717) is 31.9 Å². The van der Waals surface area contributed by atoms with Crippen molar-refractivity contribution >= 4 is 11.8 Å². The maximum atomic E-state index is 13.5. The van der Waals surface area contributed by atoms with E-state index in [9.17, 15) is 9.59 Å². The van der Waals surface area contributed by atoms with Crippen LogP contribution in [0.4, 0.5) is 0 Å². The van der Waals surface area contributed by atoms with Crippen molar-refractivity contribution in [1.29, 1.82) is 0 Å². The molecule has 0 saturated carbocycles. The first kappa shape index (κ1) is 25.0. The molecule has 3 aromatic carbocycles. The van der Waals surface area contributed by atoms with Gasteiger partial charge in [0, 0.05) is 26.3 Å². The molecule has 3 rings (SSSR count). The SMILES string of the molecule is CCOCCCNC(=O)C(c1ccccc1)N(Cc1ccccc1)C(=O)COc1ccccc1. The number of hydrogen-bond donors (Lipinski definition) is 1. The van der Waals surface area contributed by atoms with E-state index in [1.54, 1.807) is 17.0 Å². The van der Waals surface area contributed by atoms with Crippen molar-refractivity contribution < 1.29 is 19.1 Å². The van der Waals surface area contributed by atoms with Gasteiger partial charge in [0.15, 0.2) is 6.61 Å². The van der Waals surface area contributed by atoms with Gasteiger partial charge in [-0.25, -0.2) is 0 Å². The number of nitrogens with one attached hydrogen (secondary N) is 1. The van der Waals surface area contributed by atoms with Crippen LogP contribution in [0.3, 0.4) is 0 Å². The average Bonchev–Trinajstić information content (AvgIpc) is 2.88. The molecule has 0 heterocycles. The number of nitrogens with zero attached hydrogens (tertiary/aromatic N) is 1. The minimum atomic E-state index is -0.791. The molecule has 0 bridgehead atoms. The monoisotopic (exact) mass is 460 g/mol. The third-order valence-corrected chi connectivity index (χ3v) is 5.27. The highest BCUT2D eigenvalue weighted by Gasteiger charge is 2.31. The van der Waals surface area contributed by atoms with E-state index in [2.05, 4.69) is 5.32 Å². The molecule has 0 fully saturated rings. The summed E-state index contributed by atoms with van der Waals surface area (Å²) in [5.74, 6) is 0.102. The van der Waals surface area contributed by atoms with Gasteiger partial charge in [-0.3, -0.25) is 9.59 Å². The zero-order valence-corrected chi connectivity index (χ0v) is 19.6. The summed E-state index contributed by atoms with van der Waals surface area (Å²) in [6, 6.07) is 27.4. The van der Waals surface area contributed by atoms with Gasteiger partial charge in [-0.15, -0.1) is 0 Å². The highest BCUT2D eigenvalue weighted by molar-refractivity contribution is 5.89. The number of amides is 2. The minimum Gasteiger partial charge on any atom is -0.484 e. The largest absolute Gasteiger partial charge is 0.484 e. The van der Waals surface area contributed by atoms with Crippen LogP contribution in [0.2, 0.25) is 0 Å². The van der Waals surface area contributed by atoms with Crippen molar-refractivity contribution in [3.63, 3.8) is 0 Å². The van der Waals surface area contributed by atoms with Crippen LogP contribution in [-0.2, 0) is 20.9 Å². The lowest BCUT2D eigenvalue weighted by Crippen LogP contribution is -2.45. The van der Waals surface area contributed by atoms with E-state index in [0.717, 1.165) is 11.1 Å². The van der Waals surface area contributed by atoms with E-state index in [4.69, 9.17) is 9.47 Å². The second-order valence-electron chi connectivity index (χ2n) is 7.76. The summed E-state index contributed by atoms with van der Waals surface area (Å²) in [6.45, 7) is 3.73. The van der Waals surface area contributed by atoms with Crippen molar-refractivity contribution in [2.45, 2.75) is 25.9 Å². The van der Waals surface area contributed by atoms with Gasteiger partial charge < -0.3 is 19.7 Å². The zero-order valence-electron chi connectivity index (χ0n) is 19.6. The lowest BCUT2D eigenvalue weighted by Gasteiger charge is -2.31. The minimum absolute atomic E-state index is 0.169. The maximum Gasteiger partial charge on any atom is 0.261 e. The lowest BCUT2D eigenvalue weighted by atomic mass is 10.0. The Hall–Kier alpha value is -3.64. The second-order valence-corrected chi connectivity index (χ2v) is 7.76. The summed E-state index contributed by atoms with van der Waals surface area (Å²) in [4.78, 5) is 28.4. The van der Waals surface area contributed by atoms with Crippen molar-refractivity contribution in [1.82, 2.24) is 10.2 Å². The van der Waals surface area contributed by atoms with Gasteiger partial charge in [0.1, 0.15) is 11.8 Å². The third-order valence-electron chi connectivity index (χ3n) is 5.27. The first-order chi connectivity index (χ1) is 16.7. The van der Waals surface area contributed by atoms with E-state index in [1.807, 2.05) is 85.8 Å². The molecule has 0 saturated heterocycles. The fraction of sp³-hybridized carbons (Fsp3) is 0.286. The van der Waals surface area contributed by atoms with Crippen LogP contribution < -0.4 is 10.1 Å². The van der Waals surface area contributed by atoms with Crippen molar-refractivity contribution in [3.05, 3.63) is 102 Å². The Kier molecular flexibility index (Phi) is 10.1. The molecule has 6 heteroatoms. The van der Waals surface area contributed by atoms with Gasteiger partial charge >= 0.3 is 0 Å². The molecule has 178 valence electrons. The molecule has 1 N–H and O–H groups in total. The molecule has 0 spiro atoms. The molecule has 0 aliphatic carbocycles. The molecule has 34 heavy (non-hydrogen) atoms. The average molecular weight is 461 g/mol. The Morgan fingerprint density at radius 2 is 1.50 bits per heavy atom. The molecule has 3 aromatic rings. The van der Waals surface area contributed by atoms with Gasteiger partial charge in [0.05, 0.1) is 0 Å². The second kappa shape index (κ2) is 13.8. The highest BCUT2D eigenvalue weighted by atomic mass is 16.5. The molecule has 1 unspecified atom stereocenters. The Morgan fingerprint density at radius 3 is 2.15 bits per heavy atom. The van der Waals surface area contributed by atoms with Gasteiger partial charge in [0.2, 0.25) is 5.91 Å². The summed E-state index contributed by atoms with van der Waals surface area (Å²) in [6.07, 6.45) is 0.699. The molecule has 0 aliphatic rings. The topological polar surface area (TPSA) is 67.9 Å². The summed E-state index contributed by atoms with van der Waals surface area (Å²) in [5.41, 5.74) is 1.68. The molecule has 6 nitrogen and oxygen atoms in total. The smallest absolute Gasteiger partial charge is 0.261 e. The van der Waals surface area contributed by atoms with E-state index >= 15 is 0 Å². The predicted octanol–water partition coefficient (Wildman–Crippen LogP) is 4.38. The Morgan fingerprint density at radius 1 is 0.882 bits per heavy atom. The Labute approximate surface area is 201 Å². The first-order valence-electron chi connectivity index (χ1n) is 11.6. The fourth-order valence-corrected chi connectivity index (χ4v) is 3.58. The standard InChI is InChI=1S/C28H32N2O4/c1-2-33-20-12-19-29-28(32)27(24-15-8-4-9-16-24)30(21-23-13-6-3-7-14-23)26(31)22-34-25-17-10-5-11-18-25/h3-11,13-18,27H,2,12,19-22H2,1H3,(H,29,32). The quantitative estimate of drug-likeness (QED) is 0.385. The molecule has 1 atom stereocenters. The Balaban J connectivity index is 1.83. The number of carbonyl (C=O) groups is 2. The van der Waals surface area contributed by atoms with Gasteiger partial charge in [0.25, 0.3) is 5.91 Å². The number of hydrogen-bond acceptors (Lipinski definition) is 4. The molecule has 2 amide bonds. The van der Waals surface area contributed by atoms with Gasteiger partial charge in [-0.1, -0.05) is 78.9 Å². The molecular formula is C28H32N2O4. The maximum absolute atomic E-state index is 13.5. The van der Waals surface area contributed by atoms with Crippen LogP contribution in [0.25, 0.3) is 0 Å². The predicted molar refractivity (Wildman–Crippen MR) is 132 cm³/mol. The van der Waals surface area contributed by atoms with Crippen LogP contribution in [0.15, 0.2) is 91.0 Å². The van der Waals surface area contributed by atoms with E-state index in [-0.39, 0.29) is 25.0 Å². The third kappa shape index (κ3) is 7.74. The Bertz CT molecular complexity index is 997. The van der Waals surface area contributed by atoms with E-state index in [1.165, 1.54) is 0 Å².